The predicted molar refractivity (Wildman–Crippen MR) is 66.0 cm³/mol. The first kappa shape index (κ1) is 11.2. The molecule has 2 unspecified atom stereocenters. The van der Waals surface area contributed by atoms with Crippen LogP contribution in [0, 0.1) is 5.92 Å². The van der Waals surface area contributed by atoms with E-state index in [0.717, 1.165) is 12.0 Å². The Morgan fingerprint density at radius 2 is 1.87 bits per heavy atom. The van der Waals surface area contributed by atoms with Gasteiger partial charge in [-0.05, 0) is 44.9 Å². The fourth-order valence-electron chi connectivity index (χ4n) is 3.06. The van der Waals surface area contributed by atoms with Crippen molar-refractivity contribution < 1.29 is 0 Å². The van der Waals surface area contributed by atoms with Crippen LogP contribution in [0.25, 0.3) is 0 Å². The maximum Gasteiger partial charge on any atom is 0.0252 e. The second kappa shape index (κ2) is 5.69. The molecule has 2 rings (SSSR count). The molecule has 2 aliphatic rings. The third-order valence-corrected chi connectivity index (χ3v) is 4.09. The van der Waals surface area contributed by atoms with Crippen molar-refractivity contribution in [3.63, 3.8) is 0 Å². The van der Waals surface area contributed by atoms with Crippen molar-refractivity contribution in [1.82, 2.24) is 5.32 Å². The molecule has 1 heteroatoms. The molecule has 0 saturated heterocycles. The zero-order chi connectivity index (χ0) is 10.5. The van der Waals surface area contributed by atoms with Gasteiger partial charge in [-0.3, -0.25) is 0 Å². The molecule has 0 aromatic heterocycles. The van der Waals surface area contributed by atoms with E-state index < -0.39 is 0 Å². The molecular weight excluding hydrogens is 182 g/mol. The van der Waals surface area contributed by atoms with E-state index >= 15 is 0 Å². The molecule has 0 bridgehead atoms. The van der Waals surface area contributed by atoms with Gasteiger partial charge in [0, 0.05) is 12.1 Å². The van der Waals surface area contributed by atoms with Gasteiger partial charge in [0.25, 0.3) is 0 Å². The van der Waals surface area contributed by atoms with Crippen molar-refractivity contribution in [2.75, 3.05) is 0 Å². The lowest BCUT2D eigenvalue weighted by atomic mass is 9.84. The van der Waals surface area contributed by atoms with E-state index in [0.29, 0.717) is 6.04 Å². The molecule has 2 aliphatic carbocycles. The van der Waals surface area contributed by atoms with E-state index in [9.17, 15) is 0 Å². The molecule has 1 fully saturated rings. The molecule has 1 nitrogen and oxygen atoms in total. The maximum absolute atomic E-state index is 3.80. The van der Waals surface area contributed by atoms with Gasteiger partial charge in [-0.15, -0.1) is 0 Å². The summed E-state index contributed by atoms with van der Waals surface area (Å²) in [5.74, 6) is 0.939. The Kier molecular flexibility index (Phi) is 4.25. The van der Waals surface area contributed by atoms with Gasteiger partial charge >= 0.3 is 0 Å². The standard InChI is InChI=1S/C14H25N/c1-12(13-8-4-2-5-9-13)15-14-10-6-3-7-11-14/h6,10,12-15H,2-5,7-9,11H2,1H3. The fraction of sp³-hybridized carbons (Fsp3) is 0.857. The molecule has 0 aliphatic heterocycles. The smallest absolute Gasteiger partial charge is 0.0252 e. The van der Waals surface area contributed by atoms with E-state index in [-0.39, 0.29) is 0 Å². The average Bonchev–Trinajstić information content (AvgIpc) is 2.31. The third-order valence-electron chi connectivity index (χ3n) is 4.09. The SMILES string of the molecule is CC(NC1C=CCCC1)C1CCCCC1. The topological polar surface area (TPSA) is 12.0 Å². The lowest BCUT2D eigenvalue weighted by molar-refractivity contribution is 0.268. The minimum atomic E-state index is 0.663. The molecule has 1 saturated carbocycles. The van der Waals surface area contributed by atoms with Crippen LogP contribution in [0.15, 0.2) is 12.2 Å². The summed E-state index contributed by atoms with van der Waals surface area (Å²) in [6.45, 7) is 2.39. The highest BCUT2D eigenvalue weighted by Crippen LogP contribution is 2.27. The summed E-state index contributed by atoms with van der Waals surface area (Å²) >= 11 is 0. The Labute approximate surface area is 94.3 Å². The molecular formula is C14H25N. The summed E-state index contributed by atoms with van der Waals surface area (Å²) in [7, 11) is 0. The van der Waals surface area contributed by atoms with Crippen LogP contribution >= 0.6 is 0 Å². The van der Waals surface area contributed by atoms with Crippen molar-refractivity contribution in [1.29, 1.82) is 0 Å². The molecule has 2 atom stereocenters. The summed E-state index contributed by atoms with van der Waals surface area (Å²) in [6.07, 6.45) is 16.0. The largest absolute Gasteiger partial charge is 0.308 e. The van der Waals surface area contributed by atoms with Crippen LogP contribution in [0.2, 0.25) is 0 Å². The van der Waals surface area contributed by atoms with E-state index in [4.69, 9.17) is 0 Å². The summed E-state index contributed by atoms with van der Waals surface area (Å²) in [5, 5.41) is 3.80. The van der Waals surface area contributed by atoms with Crippen molar-refractivity contribution >= 4 is 0 Å². The first-order chi connectivity index (χ1) is 7.36. The van der Waals surface area contributed by atoms with Crippen molar-refractivity contribution in [3.05, 3.63) is 12.2 Å². The predicted octanol–water partition coefficient (Wildman–Crippen LogP) is 3.65. The van der Waals surface area contributed by atoms with Gasteiger partial charge in [0.05, 0.1) is 0 Å². The Morgan fingerprint density at radius 3 is 2.53 bits per heavy atom. The zero-order valence-corrected chi connectivity index (χ0v) is 10.0. The molecule has 0 spiro atoms. The van der Waals surface area contributed by atoms with Crippen molar-refractivity contribution in [2.24, 2.45) is 5.92 Å². The van der Waals surface area contributed by atoms with Gasteiger partial charge in [-0.1, -0.05) is 31.4 Å². The zero-order valence-electron chi connectivity index (χ0n) is 10.0. The monoisotopic (exact) mass is 207 g/mol. The Hall–Kier alpha value is -0.300. The van der Waals surface area contributed by atoms with Gasteiger partial charge < -0.3 is 5.32 Å². The van der Waals surface area contributed by atoms with Crippen LogP contribution in [0.4, 0.5) is 0 Å². The van der Waals surface area contributed by atoms with E-state index in [1.165, 1.54) is 51.4 Å². The van der Waals surface area contributed by atoms with Crippen molar-refractivity contribution in [2.45, 2.75) is 70.4 Å². The quantitative estimate of drug-likeness (QED) is 0.696. The van der Waals surface area contributed by atoms with Crippen LogP contribution in [0.5, 0.6) is 0 Å². The van der Waals surface area contributed by atoms with Gasteiger partial charge in [0.2, 0.25) is 0 Å². The Morgan fingerprint density at radius 1 is 1.07 bits per heavy atom. The number of nitrogens with one attached hydrogen (secondary N) is 1. The molecule has 15 heavy (non-hydrogen) atoms. The normalized spacial score (nSPS) is 30.3. The minimum absolute atomic E-state index is 0.663. The summed E-state index contributed by atoms with van der Waals surface area (Å²) in [6, 6.07) is 1.38. The highest BCUT2D eigenvalue weighted by Gasteiger charge is 2.21. The van der Waals surface area contributed by atoms with Crippen LogP contribution in [0.3, 0.4) is 0 Å². The average molecular weight is 207 g/mol. The van der Waals surface area contributed by atoms with Gasteiger partial charge in [0.15, 0.2) is 0 Å². The Balaban J connectivity index is 1.77. The summed E-state index contributed by atoms with van der Waals surface area (Å²) in [4.78, 5) is 0. The fourth-order valence-corrected chi connectivity index (χ4v) is 3.06. The van der Waals surface area contributed by atoms with Crippen LogP contribution in [-0.2, 0) is 0 Å². The number of hydrogen-bond donors (Lipinski definition) is 1. The summed E-state index contributed by atoms with van der Waals surface area (Å²) in [5.41, 5.74) is 0. The van der Waals surface area contributed by atoms with E-state index in [2.05, 4.69) is 24.4 Å². The maximum atomic E-state index is 3.80. The van der Waals surface area contributed by atoms with Crippen LogP contribution in [-0.4, -0.2) is 12.1 Å². The third kappa shape index (κ3) is 3.34. The second-order valence-corrected chi connectivity index (χ2v) is 5.32. The molecule has 86 valence electrons. The highest BCUT2D eigenvalue weighted by atomic mass is 14.9. The second-order valence-electron chi connectivity index (χ2n) is 5.32. The first-order valence-corrected chi connectivity index (χ1v) is 6.79. The van der Waals surface area contributed by atoms with Crippen molar-refractivity contribution in [3.8, 4) is 0 Å². The number of hydrogen-bond acceptors (Lipinski definition) is 1. The minimum Gasteiger partial charge on any atom is -0.308 e. The molecule has 0 aromatic rings. The molecule has 0 amide bonds. The number of allylic oxidation sites excluding steroid dienone is 1. The lowest BCUT2D eigenvalue weighted by Crippen LogP contribution is -2.41. The lowest BCUT2D eigenvalue weighted by Gasteiger charge is -2.31. The molecule has 0 heterocycles. The summed E-state index contributed by atoms with van der Waals surface area (Å²) < 4.78 is 0. The van der Waals surface area contributed by atoms with Gasteiger partial charge in [0.1, 0.15) is 0 Å². The Bertz CT molecular complexity index is 203. The van der Waals surface area contributed by atoms with Crippen LogP contribution in [0.1, 0.15) is 58.3 Å². The van der Waals surface area contributed by atoms with E-state index in [1.54, 1.807) is 0 Å². The molecule has 0 radical (unpaired) electrons. The molecule has 0 aromatic carbocycles. The highest BCUT2D eigenvalue weighted by molar-refractivity contribution is 4.98. The van der Waals surface area contributed by atoms with Gasteiger partial charge in [-0.2, -0.15) is 0 Å². The number of rotatable bonds is 3. The van der Waals surface area contributed by atoms with Gasteiger partial charge in [-0.25, -0.2) is 0 Å². The van der Waals surface area contributed by atoms with Crippen LogP contribution < -0.4 is 5.32 Å². The molecule has 1 N–H and O–H groups in total. The van der Waals surface area contributed by atoms with E-state index in [1.807, 2.05) is 0 Å². The first-order valence-electron chi connectivity index (χ1n) is 6.79.